The van der Waals surface area contributed by atoms with E-state index in [-0.39, 0.29) is 6.61 Å². The molecule has 0 unspecified atom stereocenters. The van der Waals surface area contributed by atoms with E-state index in [2.05, 4.69) is 5.32 Å². The molecule has 1 aliphatic carbocycles. The third-order valence-corrected chi connectivity index (χ3v) is 2.91. The van der Waals surface area contributed by atoms with E-state index in [0.29, 0.717) is 12.1 Å². The standard InChI is InChI=1S/C12H17NO2/c1-15-12-6-11(7-12)13-10-4-2-3-9(5-10)8-14/h2-5,11-14H,6-8H2,1H3. The highest BCUT2D eigenvalue weighted by molar-refractivity contribution is 5.46. The average Bonchev–Trinajstić information content (AvgIpc) is 2.23. The predicted octanol–water partition coefficient (Wildman–Crippen LogP) is 1.77. The van der Waals surface area contributed by atoms with Gasteiger partial charge in [0, 0.05) is 18.8 Å². The molecule has 1 aromatic carbocycles. The topological polar surface area (TPSA) is 41.5 Å². The molecular formula is C12H17NO2. The molecule has 0 aromatic heterocycles. The van der Waals surface area contributed by atoms with Crippen LogP contribution in [0.4, 0.5) is 5.69 Å². The minimum Gasteiger partial charge on any atom is -0.392 e. The van der Waals surface area contributed by atoms with Gasteiger partial charge in [-0.25, -0.2) is 0 Å². The smallest absolute Gasteiger partial charge is 0.0682 e. The number of hydrogen-bond donors (Lipinski definition) is 2. The summed E-state index contributed by atoms with van der Waals surface area (Å²) < 4.78 is 5.22. The summed E-state index contributed by atoms with van der Waals surface area (Å²) in [6.45, 7) is 0.0981. The van der Waals surface area contributed by atoms with Gasteiger partial charge in [-0.05, 0) is 30.5 Å². The SMILES string of the molecule is COC1CC(Nc2cccc(CO)c2)C1. The van der Waals surface area contributed by atoms with Crippen LogP contribution in [0.2, 0.25) is 0 Å². The maximum Gasteiger partial charge on any atom is 0.0682 e. The first kappa shape index (κ1) is 10.5. The van der Waals surface area contributed by atoms with Crippen molar-refractivity contribution in [1.82, 2.24) is 0 Å². The largest absolute Gasteiger partial charge is 0.392 e. The molecular weight excluding hydrogens is 190 g/mol. The Bertz CT molecular complexity index is 321. The zero-order valence-electron chi connectivity index (χ0n) is 8.94. The van der Waals surface area contributed by atoms with Crippen LogP contribution < -0.4 is 5.32 Å². The van der Waals surface area contributed by atoms with Gasteiger partial charge in [0.1, 0.15) is 0 Å². The number of aliphatic hydroxyl groups excluding tert-OH is 1. The quantitative estimate of drug-likeness (QED) is 0.790. The van der Waals surface area contributed by atoms with Crippen molar-refractivity contribution in [2.24, 2.45) is 0 Å². The highest BCUT2D eigenvalue weighted by Gasteiger charge is 2.28. The van der Waals surface area contributed by atoms with Crippen molar-refractivity contribution in [2.45, 2.75) is 31.6 Å². The number of methoxy groups -OCH3 is 1. The van der Waals surface area contributed by atoms with E-state index < -0.39 is 0 Å². The van der Waals surface area contributed by atoms with Gasteiger partial charge in [0.15, 0.2) is 0 Å². The van der Waals surface area contributed by atoms with Crippen LogP contribution in [0.1, 0.15) is 18.4 Å². The van der Waals surface area contributed by atoms with Gasteiger partial charge >= 0.3 is 0 Å². The van der Waals surface area contributed by atoms with Crippen molar-refractivity contribution < 1.29 is 9.84 Å². The van der Waals surface area contributed by atoms with Crippen molar-refractivity contribution in [3.63, 3.8) is 0 Å². The van der Waals surface area contributed by atoms with Gasteiger partial charge in [-0.2, -0.15) is 0 Å². The third kappa shape index (κ3) is 2.49. The Morgan fingerprint density at radius 3 is 2.93 bits per heavy atom. The highest BCUT2D eigenvalue weighted by Crippen LogP contribution is 2.26. The molecule has 0 atom stereocenters. The second-order valence-electron chi connectivity index (χ2n) is 4.03. The van der Waals surface area contributed by atoms with Gasteiger partial charge in [-0.15, -0.1) is 0 Å². The molecule has 1 aromatic rings. The van der Waals surface area contributed by atoms with Gasteiger partial charge in [0.2, 0.25) is 0 Å². The van der Waals surface area contributed by atoms with Crippen molar-refractivity contribution in [1.29, 1.82) is 0 Å². The van der Waals surface area contributed by atoms with Crippen molar-refractivity contribution in [2.75, 3.05) is 12.4 Å². The summed E-state index contributed by atoms with van der Waals surface area (Å²) in [7, 11) is 1.76. The van der Waals surface area contributed by atoms with E-state index in [1.165, 1.54) is 0 Å². The lowest BCUT2D eigenvalue weighted by atomic mass is 9.89. The minimum absolute atomic E-state index is 0.0981. The molecule has 1 aliphatic rings. The molecule has 0 spiro atoms. The van der Waals surface area contributed by atoms with Crippen LogP contribution in [0.5, 0.6) is 0 Å². The summed E-state index contributed by atoms with van der Waals surface area (Å²) in [6, 6.07) is 8.41. The summed E-state index contributed by atoms with van der Waals surface area (Å²) in [5, 5.41) is 12.4. The highest BCUT2D eigenvalue weighted by atomic mass is 16.5. The maximum atomic E-state index is 9.00. The second-order valence-corrected chi connectivity index (χ2v) is 4.03. The zero-order valence-corrected chi connectivity index (χ0v) is 8.94. The molecule has 0 bridgehead atoms. The van der Waals surface area contributed by atoms with Crippen LogP contribution in [0.25, 0.3) is 0 Å². The normalized spacial score (nSPS) is 24.7. The molecule has 0 heterocycles. The minimum atomic E-state index is 0.0981. The molecule has 15 heavy (non-hydrogen) atoms. The molecule has 2 N–H and O–H groups in total. The van der Waals surface area contributed by atoms with Crippen LogP contribution in [-0.2, 0) is 11.3 Å². The van der Waals surface area contributed by atoms with E-state index in [0.717, 1.165) is 24.1 Å². The Morgan fingerprint density at radius 1 is 1.47 bits per heavy atom. The van der Waals surface area contributed by atoms with E-state index in [1.807, 2.05) is 24.3 Å². The number of benzene rings is 1. The van der Waals surface area contributed by atoms with Gasteiger partial charge < -0.3 is 15.2 Å². The molecule has 82 valence electrons. The van der Waals surface area contributed by atoms with Crippen LogP contribution in [-0.4, -0.2) is 24.4 Å². The van der Waals surface area contributed by atoms with Crippen molar-refractivity contribution in [3.05, 3.63) is 29.8 Å². The molecule has 3 heteroatoms. The monoisotopic (exact) mass is 207 g/mol. The fourth-order valence-electron chi connectivity index (χ4n) is 1.87. The molecule has 0 amide bonds. The van der Waals surface area contributed by atoms with E-state index >= 15 is 0 Å². The van der Waals surface area contributed by atoms with Gasteiger partial charge in [-0.3, -0.25) is 0 Å². The molecule has 0 saturated heterocycles. The number of hydrogen-bond acceptors (Lipinski definition) is 3. The summed E-state index contributed by atoms with van der Waals surface area (Å²) in [5.74, 6) is 0. The molecule has 3 nitrogen and oxygen atoms in total. The lowest BCUT2D eigenvalue weighted by Crippen LogP contribution is -2.40. The number of aliphatic hydroxyl groups is 1. The van der Waals surface area contributed by atoms with Crippen LogP contribution in [0.15, 0.2) is 24.3 Å². The number of ether oxygens (including phenoxy) is 1. The Hall–Kier alpha value is -1.06. The molecule has 2 rings (SSSR count). The maximum absolute atomic E-state index is 9.00. The van der Waals surface area contributed by atoms with E-state index in [4.69, 9.17) is 9.84 Å². The van der Waals surface area contributed by atoms with Gasteiger partial charge in [0.05, 0.1) is 12.7 Å². The van der Waals surface area contributed by atoms with Crippen molar-refractivity contribution in [3.8, 4) is 0 Å². The summed E-state index contributed by atoms with van der Waals surface area (Å²) in [6.07, 6.45) is 2.56. The summed E-state index contributed by atoms with van der Waals surface area (Å²) in [5.41, 5.74) is 2.03. The Morgan fingerprint density at radius 2 is 2.27 bits per heavy atom. The van der Waals surface area contributed by atoms with Crippen LogP contribution >= 0.6 is 0 Å². The first-order chi connectivity index (χ1) is 7.31. The first-order valence-electron chi connectivity index (χ1n) is 5.31. The lowest BCUT2D eigenvalue weighted by molar-refractivity contribution is 0.0329. The second kappa shape index (κ2) is 4.64. The summed E-state index contributed by atoms with van der Waals surface area (Å²) >= 11 is 0. The van der Waals surface area contributed by atoms with Crippen molar-refractivity contribution >= 4 is 5.69 Å². The van der Waals surface area contributed by atoms with Crippen LogP contribution in [0.3, 0.4) is 0 Å². The third-order valence-electron chi connectivity index (χ3n) is 2.91. The Kier molecular flexibility index (Phi) is 3.23. The van der Waals surface area contributed by atoms with Crippen LogP contribution in [0, 0.1) is 0 Å². The van der Waals surface area contributed by atoms with E-state index in [9.17, 15) is 0 Å². The first-order valence-corrected chi connectivity index (χ1v) is 5.31. The number of nitrogens with one attached hydrogen (secondary N) is 1. The fraction of sp³-hybridized carbons (Fsp3) is 0.500. The number of anilines is 1. The average molecular weight is 207 g/mol. The number of rotatable bonds is 4. The Labute approximate surface area is 90.1 Å². The van der Waals surface area contributed by atoms with E-state index in [1.54, 1.807) is 7.11 Å². The predicted molar refractivity (Wildman–Crippen MR) is 59.8 cm³/mol. The fourth-order valence-corrected chi connectivity index (χ4v) is 1.87. The Balaban J connectivity index is 1.88. The van der Waals surface area contributed by atoms with Gasteiger partial charge in [-0.1, -0.05) is 12.1 Å². The molecule has 1 saturated carbocycles. The van der Waals surface area contributed by atoms with Gasteiger partial charge in [0.25, 0.3) is 0 Å². The summed E-state index contributed by atoms with van der Waals surface area (Å²) in [4.78, 5) is 0. The molecule has 0 radical (unpaired) electrons. The zero-order chi connectivity index (χ0) is 10.7. The molecule has 0 aliphatic heterocycles. The molecule has 1 fully saturated rings. The lowest BCUT2D eigenvalue weighted by Gasteiger charge is -2.35.